The summed E-state index contributed by atoms with van der Waals surface area (Å²) in [5, 5.41) is 9.46. The number of aliphatic hydroxyl groups is 1. The zero-order chi connectivity index (χ0) is 15.6. The molecule has 0 radical (unpaired) electrons. The van der Waals surface area contributed by atoms with Crippen molar-refractivity contribution in [2.75, 3.05) is 0 Å². The van der Waals surface area contributed by atoms with Crippen LogP contribution < -0.4 is 4.74 Å². The van der Waals surface area contributed by atoms with Crippen molar-refractivity contribution in [2.45, 2.75) is 46.6 Å². The average molecular weight is 284 g/mol. The van der Waals surface area contributed by atoms with E-state index in [1.807, 2.05) is 31.2 Å². The molecule has 0 heterocycles. The maximum atomic E-state index is 9.46. The van der Waals surface area contributed by atoms with Crippen LogP contribution in [-0.2, 0) is 12.0 Å². The van der Waals surface area contributed by atoms with Crippen LogP contribution >= 0.6 is 0 Å². The Balaban J connectivity index is 2.32. The summed E-state index contributed by atoms with van der Waals surface area (Å²) in [7, 11) is 0. The summed E-state index contributed by atoms with van der Waals surface area (Å²) in [6, 6.07) is 12.1. The maximum Gasteiger partial charge on any atom is 0.132 e. The summed E-state index contributed by atoms with van der Waals surface area (Å²) in [6.45, 7) is 10.6. The van der Waals surface area contributed by atoms with Crippen molar-refractivity contribution in [3.05, 3.63) is 58.7 Å². The number of ether oxygens (including phenoxy) is 1. The lowest BCUT2D eigenvalue weighted by Crippen LogP contribution is -2.11. The third-order valence-electron chi connectivity index (χ3n) is 3.65. The Hall–Kier alpha value is -1.80. The van der Waals surface area contributed by atoms with Crippen LogP contribution in [0.25, 0.3) is 0 Å². The summed E-state index contributed by atoms with van der Waals surface area (Å²) in [4.78, 5) is 0. The first-order valence-electron chi connectivity index (χ1n) is 7.30. The van der Waals surface area contributed by atoms with Gasteiger partial charge in [-0.1, -0.05) is 50.6 Å². The summed E-state index contributed by atoms with van der Waals surface area (Å²) in [5.41, 5.74) is 4.45. The molecule has 0 aliphatic rings. The van der Waals surface area contributed by atoms with Gasteiger partial charge >= 0.3 is 0 Å². The Morgan fingerprint density at radius 2 is 1.62 bits per heavy atom. The van der Waals surface area contributed by atoms with Crippen LogP contribution in [0.15, 0.2) is 36.4 Å². The maximum absolute atomic E-state index is 9.46. The van der Waals surface area contributed by atoms with Gasteiger partial charge in [-0.2, -0.15) is 0 Å². The fraction of sp³-hybridized carbons (Fsp3) is 0.368. The van der Waals surface area contributed by atoms with E-state index in [0.717, 1.165) is 28.2 Å². The van der Waals surface area contributed by atoms with E-state index in [1.165, 1.54) is 5.56 Å². The molecule has 0 fully saturated rings. The van der Waals surface area contributed by atoms with Gasteiger partial charge in [0.05, 0.1) is 6.61 Å². The van der Waals surface area contributed by atoms with Crippen molar-refractivity contribution >= 4 is 0 Å². The van der Waals surface area contributed by atoms with Gasteiger partial charge in [0, 0.05) is 5.56 Å². The molecule has 0 saturated heterocycles. The third-order valence-corrected chi connectivity index (χ3v) is 3.65. The highest BCUT2D eigenvalue weighted by Gasteiger charge is 2.15. The monoisotopic (exact) mass is 284 g/mol. The second-order valence-electron chi connectivity index (χ2n) is 6.60. The Morgan fingerprint density at radius 3 is 2.19 bits per heavy atom. The molecular formula is C19H24O2. The molecular weight excluding hydrogens is 260 g/mol. The number of rotatable bonds is 3. The van der Waals surface area contributed by atoms with E-state index in [-0.39, 0.29) is 12.0 Å². The standard InChI is InChI=1S/C19H24O2/c1-13-6-8-18(15(10-13)12-20)21-17-9-7-16(11-14(17)2)19(3,4)5/h6-11,20H,12H2,1-5H3. The molecule has 2 aromatic carbocycles. The molecule has 0 saturated carbocycles. The fourth-order valence-corrected chi connectivity index (χ4v) is 2.28. The second kappa shape index (κ2) is 5.90. The molecule has 2 aromatic rings. The molecule has 2 nitrogen and oxygen atoms in total. The molecule has 112 valence electrons. The van der Waals surface area contributed by atoms with Crippen LogP contribution in [0.2, 0.25) is 0 Å². The Labute approximate surface area is 127 Å². The third kappa shape index (κ3) is 3.64. The minimum Gasteiger partial charge on any atom is -0.457 e. The van der Waals surface area contributed by atoms with Crippen molar-refractivity contribution in [1.82, 2.24) is 0 Å². The summed E-state index contributed by atoms with van der Waals surface area (Å²) in [6.07, 6.45) is 0. The highest BCUT2D eigenvalue weighted by atomic mass is 16.5. The molecule has 0 bridgehead atoms. The van der Waals surface area contributed by atoms with Crippen LogP contribution in [0.3, 0.4) is 0 Å². The SMILES string of the molecule is Cc1ccc(Oc2ccc(C(C)(C)C)cc2C)c(CO)c1. The van der Waals surface area contributed by atoms with E-state index in [0.29, 0.717) is 0 Å². The molecule has 0 atom stereocenters. The highest BCUT2D eigenvalue weighted by Crippen LogP contribution is 2.32. The van der Waals surface area contributed by atoms with Gasteiger partial charge in [0.2, 0.25) is 0 Å². The summed E-state index contributed by atoms with van der Waals surface area (Å²) >= 11 is 0. The first kappa shape index (κ1) is 15.6. The predicted octanol–water partition coefficient (Wildman–Crippen LogP) is 4.89. The van der Waals surface area contributed by atoms with Crippen LogP contribution in [0, 0.1) is 13.8 Å². The van der Waals surface area contributed by atoms with Crippen molar-refractivity contribution in [3.8, 4) is 11.5 Å². The van der Waals surface area contributed by atoms with Crippen molar-refractivity contribution in [1.29, 1.82) is 0 Å². The zero-order valence-corrected chi connectivity index (χ0v) is 13.5. The number of hydrogen-bond donors (Lipinski definition) is 1. The molecule has 0 aliphatic carbocycles. The molecule has 0 unspecified atom stereocenters. The highest BCUT2D eigenvalue weighted by molar-refractivity contribution is 5.44. The lowest BCUT2D eigenvalue weighted by Gasteiger charge is -2.21. The molecule has 0 spiro atoms. The number of aliphatic hydroxyl groups excluding tert-OH is 1. The lowest BCUT2D eigenvalue weighted by atomic mass is 9.86. The Morgan fingerprint density at radius 1 is 0.952 bits per heavy atom. The summed E-state index contributed by atoms with van der Waals surface area (Å²) in [5.74, 6) is 1.55. The van der Waals surface area contributed by atoms with Gasteiger partial charge in [-0.15, -0.1) is 0 Å². The van der Waals surface area contributed by atoms with Gasteiger partial charge in [-0.05, 0) is 42.5 Å². The van der Waals surface area contributed by atoms with Crippen LogP contribution in [0.5, 0.6) is 11.5 Å². The second-order valence-corrected chi connectivity index (χ2v) is 6.60. The fourth-order valence-electron chi connectivity index (χ4n) is 2.28. The van der Waals surface area contributed by atoms with E-state index in [1.54, 1.807) is 0 Å². The van der Waals surface area contributed by atoms with Gasteiger partial charge in [0.1, 0.15) is 11.5 Å². The van der Waals surface area contributed by atoms with Gasteiger partial charge in [-0.25, -0.2) is 0 Å². The smallest absolute Gasteiger partial charge is 0.132 e. The summed E-state index contributed by atoms with van der Waals surface area (Å²) < 4.78 is 5.99. The quantitative estimate of drug-likeness (QED) is 0.870. The van der Waals surface area contributed by atoms with E-state index >= 15 is 0 Å². The largest absolute Gasteiger partial charge is 0.457 e. The molecule has 2 rings (SSSR count). The Bertz CT molecular complexity index is 636. The average Bonchev–Trinajstić information content (AvgIpc) is 2.41. The van der Waals surface area contributed by atoms with E-state index in [2.05, 4.69) is 39.8 Å². The van der Waals surface area contributed by atoms with Crippen LogP contribution in [-0.4, -0.2) is 5.11 Å². The lowest BCUT2D eigenvalue weighted by molar-refractivity contribution is 0.276. The number of benzene rings is 2. The number of hydrogen-bond acceptors (Lipinski definition) is 2. The van der Waals surface area contributed by atoms with Crippen LogP contribution in [0.4, 0.5) is 0 Å². The van der Waals surface area contributed by atoms with Gasteiger partial charge in [0.15, 0.2) is 0 Å². The molecule has 0 amide bonds. The van der Waals surface area contributed by atoms with Gasteiger partial charge < -0.3 is 9.84 Å². The number of aryl methyl sites for hydroxylation is 2. The first-order chi connectivity index (χ1) is 9.81. The van der Waals surface area contributed by atoms with Gasteiger partial charge in [-0.3, -0.25) is 0 Å². The van der Waals surface area contributed by atoms with E-state index in [9.17, 15) is 5.11 Å². The molecule has 2 heteroatoms. The normalized spacial score (nSPS) is 11.5. The van der Waals surface area contributed by atoms with Gasteiger partial charge in [0.25, 0.3) is 0 Å². The minimum atomic E-state index is -0.0177. The predicted molar refractivity (Wildman–Crippen MR) is 87.1 cm³/mol. The Kier molecular flexibility index (Phi) is 4.38. The van der Waals surface area contributed by atoms with Crippen LogP contribution in [0.1, 0.15) is 43.0 Å². The van der Waals surface area contributed by atoms with Crippen molar-refractivity contribution in [3.63, 3.8) is 0 Å². The minimum absolute atomic E-state index is 0.0177. The molecule has 0 aliphatic heterocycles. The van der Waals surface area contributed by atoms with E-state index < -0.39 is 0 Å². The molecule has 0 aromatic heterocycles. The van der Waals surface area contributed by atoms with Crippen molar-refractivity contribution in [2.24, 2.45) is 0 Å². The molecule has 21 heavy (non-hydrogen) atoms. The molecule has 1 N–H and O–H groups in total. The van der Waals surface area contributed by atoms with E-state index in [4.69, 9.17) is 4.74 Å². The van der Waals surface area contributed by atoms with Crippen molar-refractivity contribution < 1.29 is 9.84 Å². The topological polar surface area (TPSA) is 29.5 Å². The first-order valence-corrected chi connectivity index (χ1v) is 7.30. The zero-order valence-electron chi connectivity index (χ0n) is 13.5.